The van der Waals surface area contributed by atoms with E-state index in [1.165, 1.54) is 23.5 Å². The Labute approximate surface area is 175 Å². The fourth-order valence-electron chi connectivity index (χ4n) is 4.73. The van der Waals surface area contributed by atoms with Crippen LogP contribution in [0.25, 0.3) is 0 Å². The number of benzene rings is 1. The molecule has 1 amide bonds. The second kappa shape index (κ2) is 8.89. The number of nitrogens with zero attached hydrogens (tertiary/aromatic N) is 4. The summed E-state index contributed by atoms with van der Waals surface area (Å²) in [6.45, 7) is 5.29. The largest absolute Gasteiger partial charge is 0.339 e. The molecule has 0 radical (unpaired) electrons. The Balaban J connectivity index is 1.49. The Bertz CT molecular complexity index is 782. The molecule has 7 heteroatoms. The number of halogens is 1. The molecule has 2 aliphatic rings. The fraction of sp³-hybridized carbons (Fsp3) is 0.571. The Morgan fingerprint density at radius 1 is 1.21 bits per heavy atom. The van der Waals surface area contributed by atoms with Gasteiger partial charge in [-0.3, -0.25) is 9.69 Å². The van der Waals surface area contributed by atoms with E-state index >= 15 is 0 Å². The first kappa shape index (κ1) is 19.8. The Kier molecular flexibility index (Phi) is 6.28. The van der Waals surface area contributed by atoms with Crippen LogP contribution in [0.4, 0.5) is 0 Å². The molecule has 2 saturated heterocycles. The number of hydrogen-bond acceptors (Lipinski definition) is 5. The minimum absolute atomic E-state index is 0.260. The van der Waals surface area contributed by atoms with Crippen LogP contribution in [0.2, 0.25) is 5.02 Å². The summed E-state index contributed by atoms with van der Waals surface area (Å²) in [5, 5.41) is 7.13. The third kappa shape index (κ3) is 4.24. The lowest BCUT2D eigenvalue weighted by Gasteiger charge is -2.36. The maximum atomic E-state index is 13.0. The first-order chi connectivity index (χ1) is 13.7. The van der Waals surface area contributed by atoms with Crippen LogP contribution < -0.4 is 0 Å². The van der Waals surface area contributed by atoms with Crippen molar-refractivity contribution in [3.63, 3.8) is 0 Å². The van der Waals surface area contributed by atoms with Crippen molar-refractivity contribution in [3.05, 3.63) is 45.9 Å². The monoisotopic (exact) mass is 418 g/mol. The van der Waals surface area contributed by atoms with Gasteiger partial charge in [0.2, 0.25) is 5.91 Å². The van der Waals surface area contributed by atoms with E-state index in [1.54, 1.807) is 0 Å². The van der Waals surface area contributed by atoms with Gasteiger partial charge in [-0.25, -0.2) is 0 Å². The van der Waals surface area contributed by atoms with Crippen molar-refractivity contribution < 1.29 is 4.79 Å². The SMILES string of the molecule is CCC1CCCCN1C(=O)CN1C[C@H](c2ccc(Cl)cc2)[C@@H](c2csnn2)C1. The summed E-state index contributed by atoms with van der Waals surface area (Å²) in [6, 6.07) is 8.50. The van der Waals surface area contributed by atoms with Gasteiger partial charge in [0.1, 0.15) is 0 Å². The predicted octanol–water partition coefficient (Wildman–Crippen LogP) is 4.17. The van der Waals surface area contributed by atoms with E-state index in [1.807, 2.05) is 17.5 Å². The van der Waals surface area contributed by atoms with Gasteiger partial charge in [0.05, 0.1) is 12.2 Å². The van der Waals surface area contributed by atoms with E-state index in [4.69, 9.17) is 11.6 Å². The lowest BCUT2D eigenvalue weighted by molar-refractivity contribution is -0.135. The quantitative estimate of drug-likeness (QED) is 0.731. The molecule has 0 N–H and O–H groups in total. The first-order valence-corrected chi connectivity index (χ1v) is 11.4. The summed E-state index contributed by atoms with van der Waals surface area (Å²) in [5.74, 6) is 0.840. The molecule has 2 aliphatic heterocycles. The van der Waals surface area contributed by atoms with Crippen LogP contribution in [-0.2, 0) is 4.79 Å². The van der Waals surface area contributed by atoms with Crippen molar-refractivity contribution in [1.29, 1.82) is 0 Å². The van der Waals surface area contributed by atoms with Crippen molar-refractivity contribution in [2.45, 2.75) is 50.5 Å². The van der Waals surface area contributed by atoms with Gasteiger partial charge in [-0.15, -0.1) is 5.10 Å². The molecule has 5 nitrogen and oxygen atoms in total. The number of carbonyl (C=O) groups is 1. The second-order valence-corrected chi connectivity index (χ2v) is 8.98. The van der Waals surface area contributed by atoms with Gasteiger partial charge in [0.15, 0.2) is 0 Å². The van der Waals surface area contributed by atoms with E-state index in [2.05, 4.69) is 38.4 Å². The molecule has 0 saturated carbocycles. The molecular weight excluding hydrogens is 392 g/mol. The van der Waals surface area contributed by atoms with Crippen molar-refractivity contribution in [3.8, 4) is 0 Å². The summed E-state index contributed by atoms with van der Waals surface area (Å²) >= 11 is 7.48. The number of rotatable bonds is 5. The first-order valence-electron chi connectivity index (χ1n) is 10.2. The Hall–Kier alpha value is -1.50. The maximum absolute atomic E-state index is 13.0. The minimum atomic E-state index is 0.260. The number of piperidine rings is 1. The van der Waals surface area contributed by atoms with E-state index in [0.717, 1.165) is 49.6 Å². The Morgan fingerprint density at radius 2 is 2.00 bits per heavy atom. The molecule has 1 aromatic carbocycles. The van der Waals surface area contributed by atoms with Crippen molar-refractivity contribution >= 4 is 29.0 Å². The van der Waals surface area contributed by atoms with Crippen LogP contribution in [0.1, 0.15) is 55.7 Å². The summed E-state index contributed by atoms with van der Waals surface area (Å²) in [5.41, 5.74) is 2.28. The van der Waals surface area contributed by atoms with E-state index < -0.39 is 0 Å². The third-order valence-corrected chi connectivity index (χ3v) is 7.00. The molecule has 2 aromatic rings. The number of carbonyl (C=O) groups excluding carboxylic acids is 1. The van der Waals surface area contributed by atoms with E-state index in [0.29, 0.717) is 18.5 Å². The summed E-state index contributed by atoms with van der Waals surface area (Å²) in [7, 11) is 0. The molecule has 1 unspecified atom stereocenters. The third-order valence-electron chi connectivity index (χ3n) is 6.23. The molecule has 28 heavy (non-hydrogen) atoms. The molecule has 3 heterocycles. The van der Waals surface area contributed by atoms with Gasteiger partial charge in [-0.05, 0) is 54.9 Å². The summed E-state index contributed by atoms with van der Waals surface area (Å²) in [6.07, 6.45) is 4.56. The molecule has 3 atom stereocenters. The highest BCUT2D eigenvalue weighted by Gasteiger charge is 2.38. The van der Waals surface area contributed by atoms with E-state index in [-0.39, 0.29) is 11.8 Å². The predicted molar refractivity (Wildman–Crippen MR) is 113 cm³/mol. The number of aromatic nitrogens is 2. The highest BCUT2D eigenvalue weighted by atomic mass is 35.5. The summed E-state index contributed by atoms with van der Waals surface area (Å²) < 4.78 is 4.07. The topological polar surface area (TPSA) is 49.3 Å². The average Bonchev–Trinajstić information content (AvgIpc) is 3.38. The van der Waals surface area contributed by atoms with Gasteiger partial charge >= 0.3 is 0 Å². The van der Waals surface area contributed by atoms with E-state index in [9.17, 15) is 4.79 Å². The number of amides is 1. The standard InChI is InChI=1S/C21H27ClN4OS/c1-2-17-5-3-4-10-26(17)21(27)13-25-11-18(15-6-8-16(22)9-7-15)19(12-25)20-14-28-24-23-20/h6-9,14,17-19H,2-5,10-13H2,1H3/t17?,18-,19+/m1/s1. The molecule has 0 aliphatic carbocycles. The smallest absolute Gasteiger partial charge is 0.236 e. The molecule has 0 bridgehead atoms. The van der Waals surface area contributed by atoms with Crippen LogP contribution in [0.3, 0.4) is 0 Å². The van der Waals surface area contributed by atoms with Crippen LogP contribution in [-0.4, -0.2) is 57.5 Å². The highest BCUT2D eigenvalue weighted by molar-refractivity contribution is 7.03. The van der Waals surface area contributed by atoms with Gasteiger partial charge in [-0.1, -0.05) is 35.1 Å². The fourth-order valence-corrected chi connectivity index (χ4v) is 5.38. The summed E-state index contributed by atoms with van der Waals surface area (Å²) in [4.78, 5) is 17.5. The highest BCUT2D eigenvalue weighted by Crippen LogP contribution is 2.39. The van der Waals surface area contributed by atoms with Gasteiger partial charge in [0.25, 0.3) is 0 Å². The minimum Gasteiger partial charge on any atom is -0.339 e. The molecule has 0 spiro atoms. The molecule has 2 fully saturated rings. The van der Waals surface area contributed by atoms with Gasteiger partial charge in [0, 0.05) is 47.9 Å². The van der Waals surface area contributed by atoms with Crippen LogP contribution in [0.5, 0.6) is 0 Å². The zero-order valence-corrected chi connectivity index (χ0v) is 17.8. The van der Waals surface area contributed by atoms with Crippen molar-refractivity contribution in [1.82, 2.24) is 19.4 Å². The molecular formula is C21H27ClN4OS. The van der Waals surface area contributed by atoms with Gasteiger partial charge in [-0.2, -0.15) is 0 Å². The Morgan fingerprint density at radius 3 is 2.71 bits per heavy atom. The lowest BCUT2D eigenvalue weighted by Crippen LogP contribution is -2.47. The van der Waals surface area contributed by atoms with Gasteiger partial charge < -0.3 is 4.90 Å². The molecule has 1 aromatic heterocycles. The maximum Gasteiger partial charge on any atom is 0.236 e. The normalized spacial score (nSPS) is 25.9. The van der Waals surface area contributed by atoms with Crippen molar-refractivity contribution in [2.24, 2.45) is 0 Å². The van der Waals surface area contributed by atoms with Crippen molar-refractivity contribution in [2.75, 3.05) is 26.2 Å². The van der Waals surface area contributed by atoms with Crippen LogP contribution >= 0.6 is 23.1 Å². The average molecular weight is 419 g/mol. The molecule has 150 valence electrons. The zero-order chi connectivity index (χ0) is 19.5. The zero-order valence-electron chi connectivity index (χ0n) is 16.3. The lowest BCUT2D eigenvalue weighted by atomic mass is 9.87. The number of likely N-dealkylation sites (tertiary alicyclic amines) is 2. The molecule has 4 rings (SSSR count). The second-order valence-electron chi connectivity index (χ2n) is 7.93. The number of hydrogen-bond donors (Lipinski definition) is 0. The van der Waals surface area contributed by atoms with Crippen LogP contribution in [0, 0.1) is 0 Å². The van der Waals surface area contributed by atoms with Crippen LogP contribution in [0.15, 0.2) is 29.6 Å².